The second kappa shape index (κ2) is 6.82. The summed E-state index contributed by atoms with van der Waals surface area (Å²) in [6.45, 7) is 8.84. The summed E-state index contributed by atoms with van der Waals surface area (Å²) in [5.41, 5.74) is 1.45. The zero-order chi connectivity index (χ0) is 16.2. The molecule has 1 amide bonds. The second-order valence-corrected chi connectivity index (χ2v) is 7.90. The van der Waals surface area contributed by atoms with Gasteiger partial charge in [0.1, 0.15) is 0 Å². The predicted octanol–water partition coefficient (Wildman–Crippen LogP) is 3.43. The van der Waals surface area contributed by atoms with Gasteiger partial charge in [-0.15, -0.1) is 0 Å². The lowest BCUT2D eigenvalue weighted by molar-refractivity contribution is -0.122. The lowest BCUT2D eigenvalue weighted by atomic mass is 9.79. The number of amides is 1. The molecule has 122 valence electrons. The molecule has 0 aromatic heterocycles. The van der Waals surface area contributed by atoms with Gasteiger partial charge in [-0.1, -0.05) is 30.3 Å². The Morgan fingerprint density at radius 1 is 1.14 bits per heavy atom. The fraction of sp³-hybridized carbons (Fsp3) is 0.632. The van der Waals surface area contributed by atoms with E-state index in [2.05, 4.69) is 62.6 Å². The molecule has 0 atom stereocenters. The van der Waals surface area contributed by atoms with Gasteiger partial charge in [-0.3, -0.25) is 4.79 Å². The molecule has 1 aliphatic heterocycles. The second-order valence-electron chi connectivity index (χ2n) is 7.90. The monoisotopic (exact) mass is 302 g/mol. The first-order valence-corrected chi connectivity index (χ1v) is 8.38. The molecule has 0 bridgehead atoms. The van der Waals surface area contributed by atoms with Crippen LogP contribution >= 0.6 is 0 Å². The van der Waals surface area contributed by atoms with Crippen molar-refractivity contribution in [1.82, 2.24) is 10.6 Å². The number of hydrogen-bond acceptors (Lipinski definition) is 2. The van der Waals surface area contributed by atoms with Gasteiger partial charge in [-0.25, -0.2) is 0 Å². The summed E-state index contributed by atoms with van der Waals surface area (Å²) in [5.74, 6) is 0.189. The number of rotatable bonds is 5. The van der Waals surface area contributed by atoms with Gasteiger partial charge in [-0.2, -0.15) is 0 Å². The molecule has 22 heavy (non-hydrogen) atoms. The molecule has 1 aromatic carbocycles. The Balaban J connectivity index is 1.77. The highest BCUT2D eigenvalue weighted by Crippen LogP contribution is 2.28. The average molecular weight is 302 g/mol. The van der Waals surface area contributed by atoms with Crippen LogP contribution in [0.3, 0.4) is 0 Å². The van der Waals surface area contributed by atoms with Gasteiger partial charge in [0.2, 0.25) is 5.91 Å². The van der Waals surface area contributed by atoms with Crippen LogP contribution in [0, 0.1) is 0 Å². The largest absolute Gasteiger partial charge is 0.353 e. The van der Waals surface area contributed by atoms with Crippen molar-refractivity contribution in [3.8, 4) is 0 Å². The van der Waals surface area contributed by atoms with Crippen molar-refractivity contribution >= 4 is 5.91 Å². The minimum absolute atomic E-state index is 0.0732. The van der Waals surface area contributed by atoms with Crippen LogP contribution in [0.2, 0.25) is 0 Å². The number of carbonyl (C=O) groups excluding carboxylic acids is 1. The van der Waals surface area contributed by atoms with E-state index in [9.17, 15) is 4.79 Å². The first-order chi connectivity index (χ1) is 10.3. The molecule has 1 aliphatic rings. The number of benzene rings is 1. The Morgan fingerprint density at radius 2 is 1.73 bits per heavy atom. The lowest BCUT2D eigenvalue weighted by Gasteiger charge is -2.46. The van der Waals surface area contributed by atoms with Crippen molar-refractivity contribution < 1.29 is 4.79 Å². The van der Waals surface area contributed by atoms with E-state index in [0.29, 0.717) is 6.42 Å². The van der Waals surface area contributed by atoms with Gasteiger partial charge in [0, 0.05) is 23.5 Å². The van der Waals surface area contributed by atoms with Crippen molar-refractivity contribution in [3.63, 3.8) is 0 Å². The quantitative estimate of drug-likeness (QED) is 0.875. The molecule has 0 spiro atoms. The van der Waals surface area contributed by atoms with E-state index in [1.54, 1.807) is 0 Å². The summed E-state index contributed by atoms with van der Waals surface area (Å²) in [5, 5.41) is 6.89. The SMILES string of the molecule is CC1(C)CC(NC(=O)CCCc2ccccc2)CC(C)(C)N1. The summed E-state index contributed by atoms with van der Waals surface area (Å²) in [6.07, 6.45) is 4.46. The highest BCUT2D eigenvalue weighted by molar-refractivity contribution is 5.76. The van der Waals surface area contributed by atoms with Crippen molar-refractivity contribution in [3.05, 3.63) is 35.9 Å². The van der Waals surface area contributed by atoms with Gasteiger partial charge in [0.15, 0.2) is 0 Å². The number of aryl methyl sites for hydroxylation is 1. The Kier molecular flexibility index (Phi) is 5.28. The smallest absolute Gasteiger partial charge is 0.220 e. The maximum atomic E-state index is 12.2. The lowest BCUT2D eigenvalue weighted by Crippen LogP contribution is -2.62. The summed E-state index contributed by atoms with van der Waals surface area (Å²) in [6, 6.07) is 10.6. The molecule has 2 N–H and O–H groups in total. The summed E-state index contributed by atoms with van der Waals surface area (Å²) < 4.78 is 0. The third-order valence-electron chi connectivity index (χ3n) is 4.27. The van der Waals surface area contributed by atoms with Crippen molar-refractivity contribution in [2.45, 2.75) is 76.9 Å². The Morgan fingerprint density at radius 3 is 2.32 bits per heavy atom. The highest BCUT2D eigenvalue weighted by atomic mass is 16.1. The van der Waals surface area contributed by atoms with Crippen molar-refractivity contribution in [1.29, 1.82) is 0 Å². The van der Waals surface area contributed by atoms with Gasteiger partial charge in [0.25, 0.3) is 0 Å². The molecule has 1 heterocycles. The predicted molar refractivity (Wildman–Crippen MR) is 91.8 cm³/mol. The van der Waals surface area contributed by atoms with Crippen LogP contribution in [0.4, 0.5) is 0 Å². The first-order valence-electron chi connectivity index (χ1n) is 8.38. The standard InChI is InChI=1S/C19H30N2O/c1-18(2)13-16(14-19(3,4)21-18)20-17(22)12-8-11-15-9-6-5-7-10-15/h5-7,9-10,16,21H,8,11-14H2,1-4H3,(H,20,22). The fourth-order valence-electron chi connectivity index (χ4n) is 3.82. The molecule has 0 radical (unpaired) electrons. The zero-order valence-electron chi connectivity index (χ0n) is 14.4. The van der Waals surface area contributed by atoms with Crippen LogP contribution in [0.1, 0.15) is 58.9 Å². The van der Waals surface area contributed by atoms with E-state index in [1.807, 2.05) is 6.07 Å². The molecule has 0 saturated carbocycles. The van der Waals surface area contributed by atoms with Crippen LogP contribution in [-0.4, -0.2) is 23.0 Å². The average Bonchev–Trinajstić information content (AvgIpc) is 2.36. The van der Waals surface area contributed by atoms with Crippen molar-refractivity contribution in [2.24, 2.45) is 0 Å². The fourth-order valence-corrected chi connectivity index (χ4v) is 3.82. The zero-order valence-corrected chi connectivity index (χ0v) is 14.4. The maximum Gasteiger partial charge on any atom is 0.220 e. The van der Waals surface area contributed by atoms with E-state index in [0.717, 1.165) is 25.7 Å². The molecule has 0 unspecified atom stereocenters. The van der Waals surface area contributed by atoms with E-state index >= 15 is 0 Å². The molecule has 1 aromatic rings. The van der Waals surface area contributed by atoms with Gasteiger partial charge < -0.3 is 10.6 Å². The molecular weight excluding hydrogens is 272 g/mol. The number of piperidine rings is 1. The normalized spacial score (nSPS) is 20.5. The molecule has 3 nitrogen and oxygen atoms in total. The minimum atomic E-state index is 0.0732. The number of hydrogen-bond donors (Lipinski definition) is 2. The Bertz CT molecular complexity index is 477. The van der Waals surface area contributed by atoms with Crippen LogP contribution in [-0.2, 0) is 11.2 Å². The Hall–Kier alpha value is -1.35. The highest BCUT2D eigenvalue weighted by Gasteiger charge is 2.37. The van der Waals surface area contributed by atoms with Gasteiger partial charge in [-0.05, 0) is 58.9 Å². The van der Waals surface area contributed by atoms with Crippen LogP contribution in [0.5, 0.6) is 0 Å². The van der Waals surface area contributed by atoms with E-state index in [-0.39, 0.29) is 23.0 Å². The molecule has 0 aliphatic carbocycles. The molecule has 2 rings (SSSR count). The molecule has 3 heteroatoms. The van der Waals surface area contributed by atoms with Crippen LogP contribution in [0.25, 0.3) is 0 Å². The summed E-state index contributed by atoms with van der Waals surface area (Å²) >= 11 is 0. The molecule has 1 fully saturated rings. The van der Waals surface area contributed by atoms with E-state index in [1.165, 1.54) is 5.56 Å². The van der Waals surface area contributed by atoms with E-state index < -0.39 is 0 Å². The number of carbonyl (C=O) groups is 1. The first kappa shape index (κ1) is 17.0. The summed E-state index contributed by atoms with van der Waals surface area (Å²) in [7, 11) is 0. The van der Waals surface area contributed by atoms with Gasteiger partial charge >= 0.3 is 0 Å². The number of nitrogens with one attached hydrogen (secondary N) is 2. The van der Waals surface area contributed by atoms with Gasteiger partial charge in [0.05, 0.1) is 0 Å². The Labute approximate surface area is 134 Å². The van der Waals surface area contributed by atoms with Crippen LogP contribution in [0.15, 0.2) is 30.3 Å². The third kappa shape index (κ3) is 5.45. The van der Waals surface area contributed by atoms with Crippen LogP contribution < -0.4 is 10.6 Å². The van der Waals surface area contributed by atoms with Crippen molar-refractivity contribution in [2.75, 3.05) is 0 Å². The molecule has 1 saturated heterocycles. The minimum Gasteiger partial charge on any atom is -0.353 e. The summed E-state index contributed by atoms with van der Waals surface area (Å²) in [4.78, 5) is 12.2. The third-order valence-corrected chi connectivity index (χ3v) is 4.27. The topological polar surface area (TPSA) is 41.1 Å². The molecular formula is C19H30N2O. The maximum absolute atomic E-state index is 12.2. The van der Waals surface area contributed by atoms with E-state index in [4.69, 9.17) is 0 Å².